The van der Waals surface area contributed by atoms with Gasteiger partial charge in [-0.3, -0.25) is 0 Å². The molecule has 1 aliphatic rings. The van der Waals surface area contributed by atoms with Crippen LogP contribution >= 0.6 is 0 Å². The molecule has 0 aliphatic carbocycles. The monoisotopic (exact) mass is 232 g/mol. The van der Waals surface area contributed by atoms with Gasteiger partial charge in [-0.25, -0.2) is 9.97 Å². The minimum absolute atomic E-state index is 0.169. The van der Waals surface area contributed by atoms with Crippen LogP contribution in [0.25, 0.3) is 11.0 Å². The van der Waals surface area contributed by atoms with E-state index in [1.54, 1.807) is 6.33 Å². The Kier molecular flexibility index (Phi) is 2.48. The van der Waals surface area contributed by atoms with Crippen LogP contribution in [0.3, 0.4) is 0 Å². The van der Waals surface area contributed by atoms with Crippen LogP contribution in [0.1, 0.15) is 19.8 Å². The zero-order valence-electron chi connectivity index (χ0n) is 9.80. The molecule has 0 bridgehead atoms. The van der Waals surface area contributed by atoms with Gasteiger partial charge in [0.05, 0.1) is 17.5 Å². The van der Waals surface area contributed by atoms with Gasteiger partial charge in [0.2, 0.25) is 0 Å². The number of rotatable bonds is 2. The highest BCUT2D eigenvalue weighted by molar-refractivity contribution is 5.87. The number of fused-ring (bicyclic) bond motifs is 1. The van der Waals surface area contributed by atoms with Crippen molar-refractivity contribution in [2.45, 2.75) is 31.9 Å². The molecule has 5 heteroatoms. The maximum absolute atomic E-state index is 9.81. The molecule has 90 valence electrons. The number of H-pyrrole nitrogens is 1. The summed E-state index contributed by atoms with van der Waals surface area (Å²) in [5, 5.41) is 10.8. The van der Waals surface area contributed by atoms with Gasteiger partial charge in [-0.2, -0.15) is 0 Å². The van der Waals surface area contributed by atoms with Crippen molar-refractivity contribution in [1.82, 2.24) is 15.0 Å². The Balaban J connectivity index is 2.05. The van der Waals surface area contributed by atoms with Crippen molar-refractivity contribution in [3.8, 4) is 0 Å². The summed E-state index contributed by atoms with van der Waals surface area (Å²) < 4.78 is 0. The van der Waals surface area contributed by atoms with E-state index >= 15 is 0 Å². The highest BCUT2D eigenvalue weighted by Gasteiger charge is 2.30. The number of aromatic amines is 1. The van der Waals surface area contributed by atoms with Crippen LogP contribution in [0.2, 0.25) is 0 Å². The quantitative estimate of drug-likeness (QED) is 0.819. The number of hydrogen-bond donors (Lipinski definition) is 2. The zero-order chi connectivity index (χ0) is 11.8. The summed E-state index contributed by atoms with van der Waals surface area (Å²) in [6, 6.07) is 2.16. The maximum atomic E-state index is 9.81. The van der Waals surface area contributed by atoms with Gasteiger partial charge in [0, 0.05) is 12.7 Å². The van der Waals surface area contributed by atoms with Crippen molar-refractivity contribution in [2.24, 2.45) is 0 Å². The van der Waals surface area contributed by atoms with Crippen LogP contribution in [-0.4, -0.2) is 38.7 Å². The predicted molar refractivity (Wildman–Crippen MR) is 65.9 cm³/mol. The number of nitrogens with one attached hydrogen (secondary N) is 1. The average Bonchev–Trinajstić information content (AvgIpc) is 2.97. The molecule has 17 heavy (non-hydrogen) atoms. The first-order chi connectivity index (χ1) is 8.27. The molecule has 2 aromatic rings. The second kappa shape index (κ2) is 4.00. The highest BCUT2D eigenvalue weighted by Crippen LogP contribution is 2.30. The van der Waals surface area contributed by atoms with E-state index in [9.17, 15) is 5.11 Å². The first-order valence-electron chi connectivity index (χ1n) is 6.00. The van der Waals surface area contributed by atoms with Gasteiger partial charge in [-0.15, -0.1) is 0 Å². The van der Waals surface area contributed by atoms with E-state index in [1.165, 1.54) is 0 Å². The van der Waals surface area contributed by atoms with E-state index in [2.05, 4.69) is 19.9 Å². The third kappa shape index (κ3) is 1.67. The Morgan fingerprint density at radius 2 is 2.41 bits per heavy atom. The van der Waals surface area contributed by atoms with Gasteiger partial charge in [0.1, 0.15) is 17.8 Å². The minimum atomic E-state index is -0.332. The van der Waals surface area contributed by atoms with Gasteiger partial charge in [-0.05, 0) is 25.8 Å². The van der Waals surface area contributed by atoms with Crippen molar-refractivity contribution in [3.63, 3.8) is 0 Å². The number of anilines is 1. The standard InChI is InChI=1S/C12H16N4O/c1-8(17)10-3-2-6-16(10)12-9-4-5-13-11(9)14-7-15-12/h4-5,7-8,10,17H,2-3,6H2,1H3,(H,13,14,15). The molecule has 2 unspecified atom stereocenters. The Labute approximate surface area is 99.5 Å². The largest absolute Gasteiger partial charge is 0.391 e. The van der Waals surface area contributed by atoms with Crippen molar-refractivity contribution in [3.05, 3.63) is 18.6 Å². The number of hydrogen-bond acceptors (Lipinski definition) is 4. The molecule has 1 aliphatic heterocycles. The second-order valence-corrected chi connectivity index (χ2v) is 4.58. The van der Waals surface area contributed by atoms with Crippen molar-refractivity contribution in [1.29, 1.82) is 0 Å². The lowest BCUT2D eigenvalue weighted by Gasteiger charge is -2.28. The number of nitrogens with zero attached hydrogens (tertiary/aromatic N) is 3. The molecular weight excluding hydrogens is 216 g/mol. The second-order valence-electron chi connectivity index (χ2n) is 4.58. The van der Waals surface area contributed by atoms with Gasteiger partial charge >= 0.3 is 0 Å². The minimum Gasteiger partial charge on any atom is -0.391 e. The number of aliphatic hydroxyl groups excluding tert-OH is 1. The smallest absolute Gasteiger partial charge is 0.142 e. The molecule has 3 heterocycles. The molecule has 1 fully saturated rings. The van der Waals surface area contributed by atoms with Crippen LogP contribution < -0.4 is 4.90 Å². The number of aliphatic hydroxyl groups is 1. The molecule has 2 aromatic heterocycles. The fourth-order valence-corrected chi connectivity index (χ4v) is 2.64. The topological polar surface area (TPSA) is 65.0 Å². The first kappa shape index (κ1) is 10.5. The summed E-state index contributed by atoms with van der Waals surface area (Å²) in [4.78, 5) is 13.8. The third-order valence-corrected chi connectivity index (χ3v) is 3.46. The van der Waals surface area contributed by atoms with E-state index < -0.39 is 0 Å². The molecule has 2 atom stereocenters. The summed E-state index contributed by atoms with van der Waals surface area (Å²) >= 11 is 0. The van der Waals surface area contributed by atoms with E-state index in [0.717, 1.165) is 36.2 Å². The molecule has 0 aromatic carbocycles. The van der Waals surface area contributed by atoms with Crippen LogP contribution in [0.15, 0.2) is 18.6 Å². The van der Waals surface area contributed by atoms with Gasteiger partial charge < -0.3 is 15.0 Å². The summed E-state index contributed by atoms with van der Waals surface area (Å²) in [6.07, 6.45) is 5.24. The molecule has 1 saturated heterocycles. The molecular formula is C12H16N4O. The van der Waals surface area contributed by atoms with E-state index in [0.29, 0.717) is 0 Å². The van der Waals surface area contributed by atoms with Crippen LogP contribution in [0.4, 0.5) is 5.82 Å². The lowest BCUT2D eigenvalue weighted by molar-refractivity contribution is 0.164. The van der Waals surface area contributed by atoms with E-state index in [4.69, 9.17) is 0 Å². The Morgan fingerprint density at radius 1 is 1.53 bits per heavy atom. The molecule has 0 radical (unpaired) electrons. The van der Waals surface area contributed by atoms with Gasteiger partial charge in [-0.1, -0.05) is 0 Å². The fourth-order valence-electron chi connectivity index (χ4n) is 2.64. The lowest BCUT2D eigenvalue weighted by Crippen LogP contribution is -2.38. The average molecular weight is 232 g/mol. The summed E-state index contributed by atoms with van der Waals surface area (Å²) in [5.74, 6) is 0.930. The third-order valence-electron chi connectivity index (χ3n) is 3.46. The van der Waals surface area contributed by atoms with Crippen LogP contribution in [-0.2, 0) is 0 Å². The molecule has 3 rings (SSSR count). The highest BCUT2D eigenvalue weighted by atomic mass is 16.3. The summed E-state index contributed by atoms with van der Waals surface area (Å²) in [6.45, 7) is 2.80. The SMILES string of the molecule is CC(O)C1CCCN1c1ncnc2[nH]ccc12. The van der Waals surface area contributed by atoms with Crippen molar-refractivity contribution >= 4 is 16.9 Å². The van der Waals surface area contributed by atoms with Gasteiger partial charge in [0.15, 0.2) is 0 Å². The van der Waals surface area contributed by atoms with E-state index in [1.807, 2.05) is 19.2 Å². The Bertz CT molecular complexity index is 522. The molecule has 0 spiro atoms. The van der Waals surface area contributed by atoms with Crippen molar-refractivity contribution in [2.75, 3.05) is 11.4 Å². The molecule has 0 saturated carbocycles. The normalized spacial score (nSPS) is 22.2. The Morgan fingerprint density at radius 3 is 3.24 bits per heavy atom. The molecule has 2 N–H and O–H groups in total. The maximum Gasteiger partial charge on any atom is 0.142 e. The van der Waals surface area contributed by atoms with Crippen molar-refractivity contribution < 1.29 is 5.11 Å². The molecule has 5 nitrogen and oxygen atoms in total. The summed E-state index contributed by atoms with van der Waals surface area (Å²) in [7, 11) is 0. The molecule has 0 amide bonds. The fraction of sp³-hybridized carbons (Fsp3) is 0.500. The predicted octanol–water partition coefficient (Wildman–Crippen LogP) is 1.31. The Hall–Kier alpha value is -1.62. The summed E-state index contributed by atoms with van der Waals surface area (Å²) in [5.41, 5.74) is 0.853. The first-order valence-corrected chi connectivity index (χ1v) is 6.00. The number of aromatic nitrogens is 3. The van der Waals surface area contributed by atoms with Crippen LogP contribution in [0.5, 0.6) is 0 Å². The van der Waals surface area contributed by atoms with E-state index in [-0.39, 0.29) is 12.1 Å². The lowest BCUT2D eigenvalue weighted by atomic mass is 10.1. The van der Waals surface area contributed by atoms with Crippen LogP contribution in [0, 0.1) is 0 Å². The van der Waals surface area contributed by atoms with Gasteiger partial charge in [0.25, 0.3) is 0 Å². The zero-order valence-corrected chi connectivity index (χ0v) is 9.80.